The molecule has 0 atom stereocenters. The number of aromatic nitrogens is 3. The Kier molecular flexibility index (Phi) is 6.17. The third-order valence-electron chi connectivity index (χ3n) is 4.54. The van der Waals surface area contributed by atoms with Gasteiger partial charge in [-0.05, 0) is 43.3 Å². The molecule has 0 fully saturated rings. The Morgan fingerprint density at radius 3 is 2.64 bits per heavy atom. The van der Waals surface area contributed by atoms with Crippen LogP contribution in [0.5, 0.6) is 17.5 Å². The summed E-state index contributed by atoms with van der Waals surface area (Å²) in [4.78, 5) is 3.54. The summed E-state index contributed by atoms with van der Waals surface area (Å²) < 4.78 is 87.7. The molecule has 1 aromatic heterocycles. The minimum Gasteiger partial charge on any atom is -0.460 e. The topological polar surface area (TPSA) is 102 Å². The van der Waals surface area contributed by atoms with Gasteiger partial charge in [0.15, 0.2) is 17.3 Å². The predicted molar refractivity (Wildman–Crippen MR) is 108 cm³/mol. The number of halogens is 3. The molecule has 9 nitrogen and oxygen atoms in total. The Morgan fingerprint density at radius 1 is 1.09 bits per heavy atom. The van der Waals surface area contributed by atoms with Crippen LogP contribution in [0, 0.1) is 0 Å². The molecule has 0 bridgehead atoms. The second-order valence-electron chi connectivity index (χ2n) is 6.71. The number of alkyl halides is 3. The summed E-state index contributed by atoms with van der Waals surface area (Å²) in [6.45, 7) is 2.51. The van der Waals surface area contributed by atoms with Gasteiger partial charge in [0.2, 0.25) is 6.79 Å². The molecule has 0 radical (unpaired) electrons. The fourth-order valence-corrected chi connectivity index (χ4v) is 4.27. The minimum atomic E-state index is -4.72. The standard InChI is InChI=1S/C20H18F3N3O6S/c1-2-29-8-9-30-19-24-18(13-6-7-16-17(10-13)32-12-31-16)26(25-19)33(27,28)15-5-3-4-14(11-15)20(21,22)23/h3-7,10-11H,2,8-9,12H2,1H3. The molecular weight excluding hydrogens is 467 g/mol. The van der Waals surface area contributed by atoms with Gasteiger partial charge in [0.1, 0.15) is 6.61 Å². The largest absolute Gasteiger partial charge is 0.460 e. The number of ether oxygens (including phenoxy) is 4. The first kappa shape index (κ1) is 22.9. The van der Waals surface area contributed by atoms with Crippen LogP contribution >= 0.6 is 0 Å². The Bertz CT molecular complexity index is 1260. The Balaban J connectivity index is 1.78. The van der Waals surface area contributed by atoms with Gasteiger partial charge in [-0.15, -0.1) is 4.09 Å². The Hall–Kier alpha value is -3.32. The molecule has 0 saturated heterocycles. The fourth-order valence-electron chi connectivity index (χ4n) is 2.99. The van der Waals surface area contributed by atoms with Crippen LogP contribution in [0.25, 0.3) is 11.4 Å². The van der Waals surface area contributed by atoms with Crippen LogP contribution in [-0.2, 0) is 20.9 Å². The van der Waals surface area contributed by atoms with E-state index >= 15 is 0 Å². The van der Waals surface area contributed by atoms with Crippen molar-refractivity contribution in [2.24, 2.45) is 0 Å². The van der Waals surface area contributed by atoms with E-state index in [9.17, 15) is 21.6 Å². The van der Waals surface area contributed by atoms with E-state index in [0.717, 1.165) is 18.2 Å². The number of fused-ring (bicyclic) bond motifs is 1. The zero-order valence-electron chi connectivity index (χ0n) is 17.2. The maximum atomic E-state index is 13.3. The third kappa shape index (κ3) is 4.73. The minimum absolute atomic E-state index is 0.000198. The van der Waals surface area contributed by atoms with Gasteiger partial charge in [-0.2, -0.15) is 26.6 Å². The number of benzene rings is 2. The summed E-state index contributed by atoms with van der Waals surface area (Å²) in [7, 11) is -4.57. The molecule has 0 N–H and O–H groups in total. The van der Waals surface area contributed by atoms with Crippen LogP contribution in [0.15, 0.2) is 47.4 Å². The lowest BCUT2D eigenvalue weighted by atomic mass is 10.2. The third-order valence-corrected chi connectivity index (χ3v) is 6.10. The van der Waals surface area contributed by atoms with Crippen LogP contribution in [0.3, 0.4) is 0 Å². The molecule has 0 saturated carbocycles. The van der Waals surface area contributed by atoms with Gasteiger partial charge in [0, 0.05) is 12.2 Å². The lowest BCUT2D eigenvalue weighted by molar-refractivity contribution is -0.137. The number of rotatable bonds is 8. The smallest absolute Gasteiger partial charge is 0.416 e. The highest BCUT2D eigenvalue weighted by molar-refractivity contribution is 7.90. The van der Waals surface area contributed by atoms with Crippen molar-refractivity contribution in [3.63, 3.8) is 0 Å². The van der Waals surface area contributed by atoms with Crippen molar-refractivity contribution in [2.75, 3.05) is 26.6 Å². The summed E-state index contributed by atoms with van der Waals surface area (Å²) in [6, 6.07) is 7.67. The van der Waals surface area contributed by atoms with E-state index in [1.807, 2.05) is 0 Å². The maximum absolute atomic E-state index is 13.3. The van der Waals surface area contributed by atoms with Gasteiger partial charge in [-0.3, -0.25) is 0 Å². The van der Waals surface area contributed by atoms with E-state index in [2.05, 4.69) is 10.1 Å². The first-order chi connectivity index (χ1) is 15.7. The summed E-state index contributed by atoms with van der Waals surface area (Å²) >= 11 is 0. The van der Waals surface area contributed by atoms with E-state index in [4.69, 9.17) is 18.9 Å². The molecule has 0 aliphatic carbocycles. The molecule has 0 amide bonds. The van der Waals surface area contributed by atoms with Crippen LogP contribution < -0.4 is 14.2 Å². The number of hydrogen-bond donors (Lipinski definition) is 0. The van der Waals surface area contributed by atoms with Gasteiger partial charge in [-0.1, -0.05) is 11.2 Å². The Morgan fingerprint density at radius 2 is 1.88 bits per heavy atom. The van der Waals surface area contributed by atoms with Crippen LogP contribution in [0.1, 0.15) is 12.5 Å². The highest BCUT2D eigenvalue weighted by Gasteiger charge is 2.33. The lowest BCUT2D eigenvalue weighted by Gasteiger charge is -2.11. The first-order valence-electron chi connectivity index (χ1n) is 9.70. The summed E-state index contributed by atoms with van der Waals surface area (Å²) in [5.41, 5.74) is -0.830. The van der Waals surface area contributed by atoms with Crippen molar-refractivity contribution in [3.8, 4) is 28.9 Å². The van der Waals surface area contributed by atoms with Gasteiger partial charge < -0.3 is 18.9 Å². The van der Waals surface area contributed by atoms with Crippen molar-refractivity contribution >= 4 is 10.0 Å². The summed E-state index contributed by atoms with van der Waals surface area (Å²) in [5.74, 6) is 0.646. The zero-order chi connectivity index (χ0) is 23.6. The maximum Gasteiger partial charge on any atom is 0.416 e. The van der Waals surface area contributed by atoms with Crippen molar-refractivity contribution < 1.29 is 40.5 Å². The lowest BCUT2D eigenvalue weighted by Crippen LogP contribution is -2.17. The average Bonchev–Trinajstić information content (AvgIpc) is 3.43. The van der Waals surface area contributed by atoms with Gasteiger partial charge in [0.05, 0.1) is 17.1 Å². The van der Waals surface area contributed by atoms with E-state index < -0.39 is 26.7 Å². The SMILES string of the molecule is CCOCCOc1nc(-c2ccc3c(c2)OCO3)n(S(=O)(=O)c2cccc(C(F)(F)F)c2)n1. The molecule has 1 aliphatic heterocycles. The van der Waals surface area contributed by atoms with E-state index in [-0.39, 0.29) is 37.4 Å². The van der Waals surface area contributed by atoms with E-state index in [1.54, 1.807) is 13.0 Å². The highest BCUT2D eigenvalue weighted by atomic mass is 32.2. The van der Waals surface area contributed by atoms with E-state index in [0.29, 0.717) is 28.3 Å². The molecule has 176 valence electrons. The van der Waals surface area contributed by atoms with Crippen LogP contribution in [0.2, 0.25) is 0 Å². The molecule has 33 heavy (non-hydrogen) atoms. The quantitative estimate of drug-likeness (QED) is 0.448. The number of hydrogen-bond acceptors (Lipinski definition) is 8. The van der Waals surface area contributed by atoms with Gasteiger partial charge in [0.25, 0.3) is 10.0 Å². The van der Waals surface area contributed by atoms with E-state index in [1.165, 1.54) is 12.1 Å². The van der Waals surface area contributed by atoms with Crippen molar-refractivity contribution in [3.05, 3.63) is 48.0 Å². The van der Waals surface area contributed by atoms with Crippen molar-refractivity contribution in [1.29, 1.82) is 0 Å². The first-order valence-corrected chi connectivity index (χ1v) is 11.1. The van der Waals surface area contributed by atoms with Gasteiger partial charge in [-0.25, -0.2) is 0 Å². The van der Waals surface area contributed by atoms with Crippen molar-refractivity contribution in [1.82, 2.24) is 14.2 Å². The fraction of sp³-hybridized carbons (Fsp3) is 0.300. The summed E-state index contributed by atoms with van der Waals surface area (Å²) in [5, 5.41) is 3.90. The molecular formula is C20H18F3N3O6S. The predicted octanol–water partition coefficient (Wildman–Crippen LogP) is 3.34. The molecule has 0 spiro atoms. The highest BCUT2D eigenvalue weighted by Crippen LogP contribution is 2.37. The average molecular weight is 485 g/mol. The van der Waals surface area contributed by atoms with Gasteiger partial charge >= 0.3 is 12.2 Å². The Labute approximate surface area is 186 Å². The van der Waals surface area contributed by atoms with Crippen LogP contribution in [-0.4, -0.2) is 49.2 Å². The van der Waals surface area contributed by atoms with Crippen LogP contribution in [0.4, 0.5) is 13.2 Å². The molecule has 13 heteroatoms. The molecule has 0 unspecified atom stereocenters. The van der Waals surface area contributed by atoms with Crippen molar-refractivity contribution in [2.45, 2.75) is 18.0 Å². The second kappa shape index (κ2) is 8.90. The number of nitrogens with zero attached hydrogens (tertiary/aromatic N) is 3. The second-order valence-corrected chi connectivity index (χ2v) is 8.47. The molecule has 1 aliphatic rings. The summed E-state index contributed by atoms with van der Waals surface area (Å²) in [6.07, 6.45) is -4.72. The molecule has 3 aromatic rings. The normalized spacial score (nSPS) is 13.3. The molecule has 4 rings (SSSR count). The zero-order valence-corrected chi connectivity index (χ0v) is 18.0. The molecule has 2 heterocycles. The monoisotopic (exact) mass is 485 g/mol. The molecule has 2 aromatic carbocycles.